The number of ether oxygens (including phenoxy) is 3. The molecule has 156 valence electrons. The molecule has 7 nitrogen and oxygen atoms in total. The molecule has 0 fully saturated rings. The van der Waals surface area contributed by atoms with Gasteiger partial charge in [-0.1, -0.05) is 22.9 Å². The number of hydrogen-bond donors (Lipinski definition) is 1. The van der Waals surface area contributed by atoms with Gasteiger partial charge in [-0.15, -0.1) is 0 Å². The first kappa shape index (κ1) is 23.0. The van der Waals surface area contributed by atoms with E-state index >= 15 is 0 Å². The molecule has 0 aliphatic rings. The Kier molecular flexibility index (Phi) is 8.44. The van der Waals surface area contributed by atoms with Gasteiger partial charge >= 0.3 is 5.97 Å². The van der Waals surface area contributed by atoms with E-state index < -0.39 is 11.9 Å². The Hall–Kier alpha value is -3.31. The Bertz CT molecular complexity index is 994. The van der Waals surface area contributed by atoms with Gasteiger partial charge in [-0.3, -0.25) is 4.79 Å². The number of amides is 1. The average Bonchev–Trinajstić information content (AvgIpc) is 2.76. The molecule has 0 spiro atoms. The number of nitrogens with one attached hydrogen (secondary N) is 1. The molecule has 30 heavy (non-hydrogen) atoms. The molecule has 8 heteroatoms. The third-order valence-electron chi connectivity index (χ3n) is 3.97. The van der Waals surface area contributed by atoms with Crippen LogP contribution < -0.4 is 14.8 Å². The minimum atomic E-state index is -0.583. The topological polar surface area (TPSA) is 97.7 Å². The molecule has 2 rings (SSSR count). The average molecular weight is 473 g/mol. The third-order valence-corrected chi connectivity index (χ3v) is 4.66. The van der Waals surface area contributed by atoms with Crippen LogP contribution in [0.1, 0.15) is 29.3 Å². The second-order valence-corrected chi connectivity index (χ2v) is 6.92. The van der Waals surface area contributed by atoms with Crippen molar-refractivity contribution in [3.8, 4) is 17.6 Å². The summed E-state index contributed by atoms with van der Waals surface area (Å²) in [7, 11) is 2.81. The molecule has 0 saturated carbocycles. The van der Waals surface area contributed by atoms with E-state index in [-0.39, 0.29) is 5.57 Å². The lowest BCUT2D eigenvalue weighted by Crippen LogP contribution is -2.13. The molecule has 0 aliphatic carbocycles. The Balaban J connectivity index is 2.25. The highest BCUT2D eigenvalue weighted by Gasteiger charge is 2.14. The van der Waals surface area contributed by atoms with Gasteiger partial charge in [0.1, 0.15) is 11.6 Å². The zero-order chi connectivity index (χ0) is 22.1. The van der Waals surface area contributed by atoms with E-state index in [1.807, 2.05) is 13.0 Å². The van der Waals surface area contributed by atoms with E-state index in [4.69, 9.17) is 9.47 Å². The number of nitrogens with zero attached hydrogens (tertiary/aromatic N) is 1. The van der Waals surface area contributed by atoms with Crippen LogP contribution in [-0.4, -0.2) is 32.7 Å². The standard InChI is InChI=1S/C22H21BrN2O5/c1-4-9-30-20-12-18(23)15(11-19(20)28-2)10-16(13-24)21(26)25-17-7-5-14(6-8-17)22(27)29-3/h5-8,10-12H,4,9H2,1-3H3,(H,25,26). The lowest BCUT2D eigenvalue weighted by Gasteiger charge is -2.12. The second-order valence-electron chi connectivity index (χ2n) is 6.07. The number of benzene rings is 2. The van der Waals surface area contributed by atoms with Crippen LogP contribution in [0.2, 0.25) is 0 Å². The molecule has 2 aromatic rings. The smallest absolute Gasteiger partial charge is 0.337 e. The minimum Gasteiger partial charge on any atom is -0.493 e. The van der Waals surface area contributed by atoms with Gasteiger partial charge in [0.2, 0.25) is 0 Å². The van der Waals surface area contributed by atoms with Gasteiger partial charge in [0.15, 0.2) is 11.5 Å². The van der Waals surface area contributed by atoms with Crippen LogP contribution in [0.5, 0.6) is 11.5 Å². The van der Waals surface area contributed by atoms with Gasteiger partial charge in [-0.25, -0.2) is 4.79 Å². The van der Waals surface area contributed by atoms with Gasteiger partial charge in [-0.2, -0.15) is 5.26 Å². The number of hydrogen-bond acceptors (Lipinski definition) is 6. The monoisotopic (exact) mass is 472 g/mol. The Morgan fingerprint density at radius 3 is 2.43 bits per heavy atom. The number of carbonyl (C=O) groups is 2. The largest absolute Gasteiger partial charge is 0.493 e. The van der Waals surface area contributed by atoms with Gasteiger partial charge in [0, 0.05) is 10.2 Å². The molecule has 0 radical (unpaired) electrons. The molecule has 0 aliphatic heterocycles. The molecule has 0 unspecified atom stereocenters. The van der Waals surface area contributed by atoms with Crippen molar-refractivity contribution in [3.63, 3.8) is 0 Å². The first-order valence-corrected chi connectivity index (χ1v) is 9.84. The normalized spacial score (nSPS) is 10.7. The number of rotatable bonds is 8. The van der Waals surface area contributed by atoms with E-state index in [0.717, 1.165) is 6.42 Å². The van der Waals surface area contributed by atoms with Crippen molar-refractivity contribution in [1.29, 1.82) is 5.26 Å². The second kappa shape index (κ2) is 11.0. The van der Waals surface area contributed by atoms with Crippen LogP contribution >= 0.6 is 15.9 Å². The van der Waals surface area contributed by atoms with Gasteiger partial charge < -0.3 is 19.5 Å². The Morgan fingerprint density at radius 1 is 1.17 bits per heavy atom. The van der Waals surface area contributed by atoms with E-state index in [0.29, 0.717) is 39.4 Å². The third kappa shape index (κ3) is 5.84. The van der Waals surface area contributed by atoms with Crippen molar-refractivity contribution in [1.82, 2.24) is 0 Å². The lowest BCUT2D eigenvalue weighted by molar-refractivity contribution is -0.112. The van der Waals surface area contributed by atoms with E-state index in [2.05, 4.69) is 26.0 Å². The van der Waals surface area contributed by atoms with Crippen LogP contribution in [0.4, 0.5) is 5.69 Å². The number of esters is 1. The van der Waals surface area contributed by atoms with Crippen molar-refractivity contribution in [3.05, 3.63) is 57.6 Å². The van der Waals surface area contributed by atoms with Crippen molar-refractivity contribution >= 4 is 39.6 Å². The van der Waals surface area contributed by atoms with Crippen LogP contribution in [0, 0.1) is 11.3 Å². The van der Waals surface area contributed by atoms with E-state index in [9.17, 15) is 14.9 Å². The predicted octanol–water partition coefficient (Wildman–Crippen LogP) is 4.58. The number of carbonyl (C=O) groups excluding carboxylic acids is 2. The minimum absolute atomic E-state index is 0.1000. The molecule has 1 amide bonds. The lowest BCUT2D eigenvalue weighted by atomic mass is 10.1. The van der Waals surface area contributed by atoms with Gasteiger partial charge in [-0.05, 0) is 54.5 Å². The molecule has 1 N–H and O–H groups in total. The molecule has 0 atom stereocenters. The first-order chi connectivity index (χ1) is 14.4. The fourth-order valence-corrected chi connectivity index (χ4v) is 2.89. The summed E-state index contributed by atoms with van der Waals surface area (Å²) in [5.74, 6) is 0.00201. The van der Waals surface area contributed by atoms with E-state index in [1.54, 1.807) is 24.3 Å². The van der Waals surface area contributed by atoms with Crippen LogP contribution in [0.3, 0.4) is 0 Å². The summed E-state index contributed by atoms with van der Waals surface area (Å²) in [5, 5.41) is 12.1. The number of anilines is 1. The summed E-state index contributed by atoms with van der Waals surface area (Å²) in [6, 6.07) is 11.5. The molecular weight excluding hydrogens is 452 g/mol. The maximum Gasteiger partial charge on any atom is 0.337 e. The maximum absolute atomic E-state index is 12.5. The predicted molar refractivity (Wildman–Crippen MR) is 116 cm³/mol. The Labute approximate surface area is 183 Å². The van der Waals surface area contributed by atoms with Crippen molar-refractivity contribution in [2.75, 3.05) is 26.1 Å². The number of nitriles is 1. The van der Waals surface area contributed by atoms with Crippen LogP contribution in [0.15, 0.2) is 46.4 Å². The fraction of sp³-hybridized carbons (Fsp3) is 0.227. The molecule has 0 bridgehead atoms. The highest BCUT2D eigenvalue weighted by atomic mass is 79.9. The summed E-state index contributed by atoms with van der Waals surface area (Å²) in [5.41, 5.74) is 1.28. The summed E-state index contributed by atoms with van der Waals surface area (Å²) in [4.78, 5) is 24.0. The molecule has 0 heterocycles. The summed E-state index contributed by atoms with van der Waals surface area (Å²) >= 11 is 3.44. The SMILES string of the molecule is CCCOc1cc(Br)c(C=C(C#N)C(=O)Nc2ccc(C(=O)OC)cc2)cc1OC. The van der Waals surface area contributed by atoms with Crippen LogP contribution in [0.25, 0.3) is 6.08 Å². The van der Waals surface area contributed by atoms with Crippen molar-refractivity contribution in [2.45, 2.75) is 13.3 Å². The number of methoxy groups -OCH3 is 2. The first-order valence-electron chi connectivity index (χ1n) is 9.05. The highest BCUT2D eigenvalue weighted by molar-refractivity contribution is 9.10. The highest BCUT2D eigenvalue weighted by Crippen LogP contribution is 2.34. The van der Waals surface area contributed by atoms with Gasteiger partial charge in [0.25, 0.3) is 5.91 Å². The van der Waals surface area contributed by atoms with Crippen LogP contribution in [-0.2, 0) is 9.53 Å². The maximum atomic E-state index is 12.5. The zero-order valence-corrected chi connectivity index (χ0v) is 18.4. The summed E-state index contributed by atoms with van der Waals surface area (Å²) in [6.45, 7) is 2.54. The summed E-state index contributed by atoms with van der Waals surface area (Å²) in [6.07, 6.45) is 2.30. The van der Waals surface area contributed by atoms with Crippen molar-refractivity contribution < 1.29 is 23.8 Å². The summed E-state index contributed by atoms with van der Waals surface area (Å²) < 4.78 is 16.3. The quantitative estimate of drug-likeness (QED) is 0.343. The van der Waals surface area contributed by atoms with E-state index in [1.165, 1.54) is 32.4 Å². The number of halogens is 1. The fourth-order valence-electron chi connectivity index (χ4n) is 2.46. The molecule has 0 aromatic heterocycles. The molecule has 0 saturated heterocycles. The van der Waals surface area contributed by atoms with Crippen molar-refractivity contribution in [2.24, 2.45) is 0 Å². The molecule has 2 aromatic carbocycles. The molecular formula is C22H21BrN2O5. The Morgan fingerprint density at radius 2 is 1.87 bits per heavy atom. The zero-order valence-electron chi connectivity index (χ0n) is 16.8. The van der Waals surface area contributed by atoms with Gasteiger partial charge in [0.05, 0.1) is 26.4 Å².